The number of thiophene rings is 6. The zero-order chi connectivity index (χ0) is 71.3. The summed E-state index contributed by atoms with van der Waals surface area (Å²) in [5.74, 6) is 0.885. The molecule has 7 aromatic heterocycles. The summed E-state index contributed by atoms with van der Waals surface area (Å²) in [6.07, 6.45) is 55.7. The Hall–Kier alpha value is -3.16. The molecule has 0 radical (unpaired) electrons. The van der Waals surface area contributed by atoms with Crippen LogP contribution in [0, 0.1) is 49.2 Å². The highest BCUT2D eigenvalue weighted by Crippen LogP contribution is 2.56. The predicted molar refractivity (Wildman–Crippen MR) is 455 cm³/mol. The number of nitrogens with zero attached hydrogens (tertiary/aromatic N) is 2. The molecule has 9 aromatic rings. The molecule has 0 bridgehead atoms. The van der Waals surface area contributed by atoms with Gasteiger partial charge >= 0.3 is 0 Å². The molecule has 0 amide bonds. The number of benzene rings is 2. The summed E-state index contributed by atoms with van der Waals surface area (Å²) >= 11 is 12.4. The SMILES string of the molecule is CCCCCCCCCCC(CCCCCCCC)Cc1cc(-c2c(F)c(F)c(-c3cc(CC(CCCCCCCC)CCCCCCCCCC)c(-c4cc5c(-c6ccc(CC(CC)CCCC)s6)c6sc(C)cc6c(-c6ccc(CC(CC)CCCC)s6)c5s4)s3)c3nsnc23)sc1C. The number of hydrogen-bond acceptors (Lipinski definition) is 9. The highest BCUT2D eigenvalue weighted by molar-refractivity contribution is 7.28. The van der Waals surface area contributed by atoms with Crippen LogP contribution in [0.2, 0.25) is 0 Å². The number of hydrogen-bond donors (Lipinski definition) is 0. The van der Waals surface area contributed by atoms with Gasteiger partial charge in [0.15, 0.2) is 11.6 Å². The Morgan fingerprint density at radius 1 is 0.327 bits per heavy atom. The lowest BCUT2D eigenvalue weighted by molar-refractivity contribution is 0.400. The molecule has 556 valence electrons. The van der Waals surface area contributed by atoms with Crippen LogP contribution in [0.15, 0.2) is 48.5 Å². The lowest BCUT2D eigenvalue weighted by Crippen LogP contribution is -2.06. The van der Waals surface area contributed by atoms with E-state index >= 15 is 8.78 Å². The molecule has 0 N–H and O–H groups in total. The maximum absolute atomic E-state index is 18.2. The molecule has 0 aliphatic heterocycles. The van der Waals surface area contributed by atoms with E-state index in [9.17, 15) is 0 Å². The number of rotatable bonds is 53. The topological polar surface area (TPSA) is 25.8 Å². The Bertz CT molecular complexity index is 3710. The van der Waals surface area contributed by atoms with Gasteiger partial charge in [0.05, 0.1) is 22.9 Å². The predicted octanol–water partition coefficient (Wildman–Crippen LogP) is 34.0. The van der Waals surface area contributed by atoms with Crippen molar-refractivity contribution >= 4 is 111 Å². The van der Waals surface area contributed by atoms with E-state index in [1.54, 1.807) is 22.7 Å². The van der Waals surface area contributed by atoms with Crippen LogP contribution in [0.4, 0.5) is 8.78 Å². The minimum atomic E-state index is -0.788. The molecule has 2 nitrogen and oxygen atoms in total. The van der Waals surface area contributed by atoms with Crippen molar-refractivity contribution in [2.45, 2.75) is 352 Å². The largest absolute Gasteiger partial charge is 0.203 e. The van der Waals surface area contributed by atoms with E-state index < -0.39 is 11.6 Å². The van der Waals surface area contributed by atoms with Crippen LogP contribution in [0.3, 0.4) is 0 Å². The smallest absolute Gasteiger partial charge is 0.170 e. The molecule has 11 heteroatoms. The molecule has 0 fully saturated rings. The van der Waals surface area contributed by atoms with E-state index in [0.717, 1.165) is 47.2 Å². The Kier molecular flexibility index (Phi) is 35.9. The molecule has 4 unspecified atom stereocenters. The lowest BCUT2D eigenvalue weighted by atomic mass is 9.88. The van der Waals surface area contributed by atoms with Crippen LogP contribution >= 0.6 is 79.7 Å². The van der Waals surface area contributed by atoms with Gasteiger partial charge in [-0.15, -0.1) is 68.0 Å². The second-order valence-electron chi connectivity index (χ2n) is 30.8. The highest BCUT2D eigenvalue weighted by atomic mass is 32.1. The van der Waals surface area contributed by atoms with Crippen molar-refractivity contribution in [3.8, 4) is 51.5 Å². The Morgan fingerprint density at radius 3 is 1.14 bits per heavy atom. The summed E-state index contributed by atoms with van der Waals surface area (Å²) < 4.78 is 48.9. The Morgan fingerprint density at radius 2 is 0.703 bits per heavy atom. The van der Waals surface area contributed by atoms with Crippen molar-refractivity contribution in [3.63, 3.8) is 0 Å². The van der Waals surface area contributed by atoms with Crippen LogP contribution in [-0.4, -0.2) is 8.75 Å². The Labute approximate surface area is 640 Å². The third-order valence-corrected chi connectivity index (χ3v) is 30.0. The first-order valence-corrected chi connectivity index (χ1v) is 47.1. The molecule has 0 aliphatic carbocycles. The molecule has 2 aromatic carbocycles. The molecule has 0 spiro atoms. The molecular weight excluding hydrogens is 1370 g/mol. The number of fused-ring (bicyclic) bond motifs is 3. The standard InChI is InChI=1S/C90H130F2N2S7/c1-11-19-25-29-33-35-39-43-48-67(47-41-37-31-27-21-13-3)56-69-60-77(96-64(69)10)82-84(91)85(92)83(87-86(82)93-101-94-87)78-61-70(57-68(49-42-38-32-28-22-14-4)50-44-40-36-34-30-26-20-12-2)88(99-78)79-62-74-81(76-54-52-72(98-76)59-66(18-8)46-24-16-6)89-73(55-63(9)95-89)80(90(74)100-79)75-53-51-71(97-75)58-65(17-7)45-23-15-5/h51-55,60-62,65-68H,11-50,56-59H2,1-10H3. The van der Waals surface area contributed by atoms with Crippen LogP contribution in [-0.2, 0) is 25.7 Å². The van der Waals surface area contributed by atoms with Gasteiger partial charge in [0, 0.05) is 80.1 Å². The zero-order valence-electron chi connectivity index (χ0n) is 64.5. The molecule has 0 saturated heterocycles. The quantitative estimate of drug-likeness (QED) is 0.0355. The lowest BCUT2D eigenvalue weighted by Gasteiger charge is -2.17. The molecule has 9 rings (SSSR count). The van der Waals surface area contributed by atoms with Gasteiger partial charge in [-0.25, -0.2) is 8.78 Å². The molecule has 0 saturated carbocycles. The summed E-state index contributed by atoms with van der Waals surface area (Å²) in [5, 5.41) is 2.69. The van der Waals surface area contributed by atoms with E-state index in [0.29, 0.717) is 34.7 Å². The maximum Gasteiger partial charge on any atom is 0.170 e. The first kappa shape index (κ1) is 81.9. The minimum absolute atomic E-state index is 0.283. The van der Waals surface area contributed by atoms with Gasteiger partial charge in [-0.3, -0.25) is 0 Å². The number of halogens is 2. The van der Waals surface area contributed by atoms with Crippen molar-refractivity contribution in [1.29, 1.82) is 0 Å². The summed E-state index contributed by atoms with van der Waals surface area (Å²) in [6, 6.07) is 19.3. The van der Waals surface area contributed by atoms with Gasteiger partial charge in [0.1, 0.15) is 11.0 Å². The van der Waals surface area contributed by atoms with Gasteiger partial charge in [-0.1, -0.05) is 312 Å². The average molecular weight is 1500 g/mol. The number of aryl methyl sites for hydroxylation is 2. The van der Waals surface area contributed by atoms with E-state index in [4.69, 9.17) is 8.75 Å². The third-order valence-electron chi connectivity index (χ3n) is 22.5. The Balaban J connectivity index is 1.16. The summed E-state index contributed by atoms with van der Waals surface area (Å²) in [7, 11) is 0. The van der Waals surface area contributed by atoms with Gasteiger partial charge in [-0.05, 0) is 123 Å². The second-order valence-corrected chi connectivity index (χ2v) is 38.2. The van der Waals surface area contributed by atoms with Gasteiger partial charge in [0.2, 0.25) is 0 Å². The molecule has 101 heavy (non-hydrogen) atoms. The van der Waals surface area contributed by atoms with Crippen LogP contribution in [0.1, 0.15) is 343 Å². The van der Waals surface area contributed by atoms with Crippen molar-refractivity contribution in [3.05, 3.63) is 90.8 Å². The second kappa shape index (κ2) is 44.2. The zero-order valence-corrected chi connectivity index (χ0v) is 70.3. The number of aromatic nitrogens is 2. The van der Waals surface area contributed by atoms with Crippen molar-refractivity contribution in [2.75, 3.05) is 0 Å². The van der Waals surface area contributed by atoms with Crippen molar-refractivity contribution < 1.29 is 8.78 Å². The van der Waals surface area contributed by atoms with Crippen LogP contribution in [0.5, 0.6) is 0 Å². The van der Waals surface area contributed by atoms with Crippen LogP contribution < -0.4 is 0 Å². The first-order chi connectivity index (χ1) is 49.4. The molecule has 0 aliphatic rings. The highest BCUT2D eigenvalue weighted by Gasteiger charge is 2.31. The minimum Gasteiger partial charge on any atom is -0.203 e. The fraction of sp³-hybridized carbons (Fsp3) is 0.644. The number of unbranched alkanes of at least 4 members (excludes halogenated alkanes) is 26. The van der Waals surface area contributed by atoms with Crippen molar-refractivity contribution in [1.82, 2.24) is 8.75 Å². The maximum atomic E-state index is 18.2. The summed E-state index contributed by atoms with van der Waals surface area (Å²) in [5.41, 5.74) is 6.87. The summed E-state index contributed by atoms with van der Waals surface area (Å²) in [4.78, 5) is 12.2. The first-order valence-electron chi connectivity index (χ1n) is 41.5. The van der Waals surface area contributed by atoms with Gasteiger partial charge in [-0.2, -0.15) is 8.75 Å². The molecule has 7 heterocycles. The van der Waals surface area contributed by atoms with E-state index in [2.05, 4.69) is 118 Å². The van der Waals surface area contributed by atoms with Gasteiger partial charge in [0.25, 0.3) is 0 Å². The van der Waals surface area contributed by atoms with E-state index in [-0.39, 0.29) is 11.1 Å². The molecule has 4 atom stereocenters. The molecular formula is C90H130F2N2S7. The van der Waals surface area contributed by atoms with Gasteiger partial charge < -0.3 is 0 Å². The fourth-order valence-electron chi connectivity index (χ4n) is 16.2. The fourth-order valence-corrected chi connectivity index (χ4v) is 24.1. The van der Waals surface area contributed by atoms with E-state index in [1.807, 2.05) is 45.3 Å². The van der Waals surface area contributed by atoms with Crippen LogP contribution in [0.25, 0.3) is 82.7 Å². The average Bonchev–Trinajstić information content (AvgIpc) is 1.59. The monoisotopic (exact) mass is 1500 g/mol. The van der Waals surface area contributed by atoms with Crippen molar-refractivity contribution in [2.24, 2.45) is 23.7 Å². The third kappa shape index (κ3) is 23.4. The summed E-state index contributed by atoms with van der Waals surface area (Å²) in [6.45, 7) is 23.1. The normalized spacial score (nSPS) is 13.3. The van der Waals surface area contributed by atoms with E-state index in [1.165, 1.54) is 338 Å².